The van der Waals surface area contributed by atoms with Crippen LogP contribution in [0.5, 0.6) is 0 Å². The van der Waals surface area contributed by atoms with Gasteiger partial charge in [0.15, 0.2) is 11.2 Å². The number of nitrogens with zero attached hydrogens (tertiary/aromatic N) is 1. The van der Waals surface area contributed by atoms with Gasteiger partial charge < -0.3 is 18.8 Å². The molecule has 2 aromatic rings. The van der Waals surface area contributed by atoms with Crippen LogP contribution in [0.25, 0.3) is 0 Å². The van der Waals surface area contributed by atoms with Crippen molar-refractivity contribution in [3.05, 3.63) is 42.5 Å². The summed E-state index contributed by atoms with van der Waals surface area (Å²) < 4.78 is 28.4. The zero-order valence-electron chi connectivity index (χ0n) is 12.3. The minimum Gasteiger partial charge on any atom is -0.459 e. The molecule has 0 radical (unpaired) electrons. The Bertz CT molecular complexity index is 662. The highest BCUT2D eigenvalue weighted by molar-refractivity contribution is 7.62. The molecule has 0 aromatic carbocycles. The summed E-state index contributed by atoms with van der Waals surface area (Å²) in [5, 5.41) is 2.61. The summed E-state index contributed by atoms with van der Waals surface area (Å²) in [5.41, 5.74) is 0.327. The number of hydrogen-bond acceptors (Lipinski definition) is 6. The minimum atomic E-state index is -3.60. The van der Waals surface area contributed by atoms with Crippen LogP contribution < -0.4 is 10.8 Å². The van der Waals surface area contributed by atoms with Crippen LogP contribution in [0.4, 0.5) is 5.69 Å². The molecule has 2 heterocycles. The van der Waals surface area contributed by atoms with E-state index in [1.807, 2.05) is 0 Å². The molecule has 2 rings (SSSR count). The standard InChI is InChI=1S/C14H17N2O5P/c1-3-20-22(18,21-4-2)14-11(7-5-9-15-14)16-13(17)12-8-6-10-19-12/h5-10H,3-4H2,1-2H3,(H,16,17). The number of anilines is 1. The molecule has 0 unspecified atom stereocenters. The van der Waals surface area contributed by atoms with Crippen molar-refractivity contribution in [3.63, 3.8) is 0 Å². The van der Waals surface area contributed by atoms with Crippen LogP contribution >= 0.6 is 7.60 Å². The summed E-state index contributed by atoms with van der Waals surface area (Å²) in [4.78, 5) is 16.1. The number of rotatable bonds is 7. The van der Waals surface area contributed by atoms with Crippen LogP contribution in [0.1, 0.15) is 24.4 Å². The zero-order chi connectivity index (χ0) is 16.0. The van der Waals surface area contributed by atoms with E-state index >= 15 is 0 Å². The van der Waals surface area contributed by atoms with Crippen molar-refractivity contribution < 1.29 is 22.8 Å². The third-order valence-corrected chi connectivity index (χ3v) is 4.71. The number of nitrogens with one attached hydrogen (secondary N) is 1. The first-order valence-electron chi connectivity index (χ1n) is 6.80. The summed E-state index contributed by atoms with van der Waals surface area (Å²) >= 11 is 0. The predicted octanol–water partition coefficient (Wildman–Crippen LogP) is 2.82. The zero-order valence-corrected chi connectivity index (χ0v) is 13.2. The van der Waals surface area contributed by atoms with Crippen molar-refractivity contribution in [2.45, 2.75) is 13.8 Å². The van der Waals surface area contributed by atoms with Gasteiger partial charge in [-0.25, -0.2) is 4.98 Å². The summed E-state index contributed by atoms with van der Waals surface area (Å²) in [5.74, 6) is -0.337. The van der Waals surface area contributed by atoms with E-state index in [4.69, 9.17) is 13.5 Å². The number of amides is 1. The molecule has 0 saturated heterocycles. The smallest absolute Gasteiger partial charge is 0.381 e. The van der Waals surface area contributed by atoms with Gasteiger partial charge in [-0.3, -0.25) is 9.36 Å². The second kappa shape index (κ2) is 7.35. The van der Waals surface area contributed by atoms with Crippen molar-refractivity contribution >= 4 is 24.6 Å². The Morgan fingerprint density at radius 3 is 2.59 bits per heavy atom. The van der Waals surface area contributed by atoms with Gasteiger partial charge in [-0.05, 0) is 38.1 Å². The number of carbonyl (C=O) groups is 1. The van der Waals surface area contributed by atoms with Gasteiger partial charge in [0, 0.05) is 6.20 Å². The van der Waals surface area contributed by atoms with Gasteiger partial charge in [0.2, 0.25) is 0 Å². The first-order chi connectivity index (χ1) is 10.6. The van der Waals surface area contributed by atoms with Crippen LogP contribution in [-0.4, -0.2) is 24.1 Å². The van der Waals surface area contributed by atoms with Crippen molar-refractivity contribution in [2.75, 3.05) is 18.5 Å². The number of furan rings is 1. The van der Waals surface area contributed by atoms with E-state index in [1.54, 1.807) is 32.0 Å². The maximum Gasteiger partial charge on any atom is 0.381 e. The maximum atomic E-state index is 12.8. The van der Waals surface area contributed by atoms with Gasteiger partial charge >= 0.3 is 7.60 Å². The van der Waals surface area contributed by atoms with Crippen molar-refractivity contribution in [1.82, 2.24) is 4.98 Å². The monoisotopic (exact) mass is 324 g/mol. The molecular weight excluding hydrogens is 307 g/mol. The third kappa shape index (κ3) is 3.62. The summed E-state index contributed by atoms with van der Waals surface area (Å²) in [6, 6.07) is 6.32. The average molecular weight is 324 g/mol. The molecule has 0 aliphatic carbocycles. The molecule has 0 atom stereocenters. The molecule has 1 N–H and O–H groups in total. The highest BCUT2D eigenvalue weighted by Gasteiger charge is 2.32. The second-order valence-corrected chi connectivity index (χ2v) is 6.07. The number of hydrogen-bond donors (Lipinski definition) is 1. The van der Waals surface area contributed by atoms with Crippen LogP contribution in [0.2, 0.25) is 0 Å². The fraction of sp³-hybridized carbons (Fsp3) is 0.286. The lowest BCUT2D eigenvalue weighted by molar-refractivity contribution is 0.0996. The van der Waals surface area contributed by atoms with Crippen molar-refractivity contribution in [2.24, 2.45) is 0 Å². The highest BCUT2D eigenvalue weighted by atomic mass is 31.2. The van der Waals surface area contributed by atoms with E-state index in [-0.39, 0.29) is 30.1 Å². The Kier molecular flexibility index (Phi) is 5.49. The molecule has 0 bridgehead atoms. The minimum absolute atomic E-state index is 0.0682. The molecule has 0 spiro atoms. The van der Waals surface area contributed by atoms with Gasteiger partial charge in [0.1, 0.15) is 0 Å². The third-order valence-electron chi connectivity index (χ3n) is 2.64. The van der Waals surface area contributed by atoms with E-state index in [0.717, 1.165) is 0 Å². The summed E-state index contributed by atoms with van der Waals surface area (Å²) in [6.07, 6.45) is 2.85. The normalized spacial score (nSPS) is 11.4. The molecule has 1 amide bonds. The lowest BCUT2D eigenvalue weighted by atomic mass is 10.3. The largest absolute Gasteiger partial charge is 0.459 e. The van der Waals surface area contributed by atoms with Gasteiger partial charge in [0.05, 0.1) is 25.2 Å². The van der Waals surface area contributed by atoms with Crippen molar-refractivity contribution in [1.29, 1.82) is 0 Å². The topological polar surface area (TPSA) is 90.7 Å². The average Bonchev–Trinajstić information content (AvgIpc) is 3.02. The molecular formula is C14H17N2O5P. The molecule has 8 heteroatoms. The highest BCUT2D eigenvalue weighted by Crippen LogP contribution is 2.47. The molecule has 118 valence electrons. The number of carbonyl (C=O) groups excluding carboxylic acids is 1. The molecule has 0 aliphatic heterocycles. The number of pyridine rings is 1. The van der Waals surface area contributed by atoms with E-state index in [9.17, 15) is 9.36 Å². The fourth-order valence-corrected chi connectivity index (χ4v) is 3.44. The van der Waals surface area contributed by atoms with Gasteiger partial charge in [-0.1, -0.05) is 0 Å². The Labute approximate surface area is 128 Å². The Balaban J connectivity index is 2.33. The molecule has 0 fully saturated rings. The Morgan fingerprint density at radius 1 is 1.27 bits per heavy atom. The molecule has 7 nitrogen and oxygen atoms in total. The van der Waals surface area contributed by atoms with E-state index < -0.39 is 13.5 Å². The SMILES string of the molecule is CCOP(=O)(OCC)c1ncccc1NC(=O)c1ccco1. The molecule has 22 heavy (non-hydrogen) atoms. The van der Waals surface area contributed by atoms with E-state index in [0.29, 0.717) is 0 Å². The second-order valence-electron chi connectivity index (χ2n) is 4.14. The first kappa shape index (κ1) is 16.4. The quantitative estimate of drug-likeness (QED) is 0.788. The lowest BCUT2D eigenvalue weighted by Crippen LogP contribution is -2.22. The maximum absolute atomic E-state index is 12.8. The predicted molar refractivity (Wildman–Crippen MR) is 81.4 cm³/mol. The van der Waals surface area contributed by atoms with Gasteiger partial charge in [-0.15, -0.1) is 0 Å². The van der Waals surface area contributed by atoms with Gasteiger partial charge in [0.25, 0.3) is 5.91 Å². The van der Waals surface area contributed by atoms with E-state index in [1.165, 1.54) is 18.5 Å². The molecule has 2 aromatic heterocycles. The van der Waals surface area contributed by atoms with Crippen LogP contribution in [-0.2, 0) is 13.6 Å². The van der Waals surface area contributed by atoms with Crippen LogP contribution in [0.15, 0.2) is 41.1 Å². The summed E-state index contributed by atoms with van der Waals surface area (Å²) in [7, 11) is -3.60. The van der Waals surface area contributed by atoms with Crippen molar-refractivity contribution in [3.8, 4) is 0 Å². The Hall–Kier alpha value is -1.95. The van der Waals surface area contributed by atoms with Crippen LogP contribution in [0.3, 0.4) is 0 Å². The fourth-order valence-electron chi connectivity index (χ4n) is 1.80. The van der Waals surface area contributed by atoms with Gasteiger partial charge in [-0.2, -0.15) is 0 Å². The first-order valence-corrected chi connectivity index (χ1v) is 8.34. The lowest BCUT2D eigenvalue weighted by Gasteiger charge is -2.18. The van der Waals surface area contributed by atoms with Crippen LogP contribution in [0, 0.1) is 0 Å². The number of aromatic nitrogens is 1. The molecule has 0 saturated carbocycles. The van der Waals surface area contributed by atoms with E-state index in [2.05, 4.69) is 10.3 Å². The molecule has 0 aliphatic rings. The Morgan fingerprint density at radius 2 is 2.00 bits per heavy atom. The summed E-state index contributed by atoms with van der Waals surface area (Å²) in [6.45, 7) is 3.80.